The number of rotatable bonds is 6. The van der Waals surface area contributed by atoms with E-state index in [1.807, 2.05) is 4.90 Å². The van der Waals surface area contributed by atoms with Crippen molar-refractivity contribution in [1.82, 2.24) is 4.90 Å². The number of carbonyl (C=O) groups excluding carboxylic acids is 1. The van der Waals surface area contributed by atoms with Gasteiger partial charge in [0.1, 0.15) is 11.6 Å². The van der Waals surface area contributed by atoms with Crippen molar-refractivity contribution in [3.63, 3.8) is 0 Å². The highest BCUT2D eigenvalue weighted by Gasteiger charge is 2.12. The minimum atomic E-state index is -0.501. The van der Waals surface area contributed by atoms with Crippen molar-refractivity contribution in [2.75, 3.05) is 13.6 Å². The van der Waals surface area contributed by atoms with Crippen LogP contribution in [0.15, 0.2) is 48.5 Å². The Kier molecular flexibility index (Phi) is 5.17. The molecule has 0 N–H and O–H groups in total. The summed E-state index contributed by atoms with van der Waals surface area (Å²) >= 11 is 0. The SMILES string of the molecule is CN(CCC(=O)c1ccccc1F)Cc1ccccc1F. The van der Waals surface area contributed by atoms with Crippen molar-refractivity contribution in [2.24, 2.45) is 0 Å². The third-order valence-electron chi connectivity index (χ3n) is 3.29. The summed E-state index contributed by atoms with van der Waals surface area (Å²) in [5.41, 5.74) is 0.690. The van der Waals surface area contributed by atoms with Gasteiger partial charge in [-0.15, -0.1) is 0 Å². The lowest BCUT2D eigenvalue weighted by Crippen LogP contribution is -2.22. The van der Waals surface area contributed by atoms with Gasteiger partial charge in [0.05, 0.1) is 5.56 Å². The van der Waals surface area contributed by atoms with Crippen LogP contribution in [-0.2, 0) is 6.54 Å². The first-order chi connectivity index (χ1) is 10.1. The van der Waals surface area contributed by atoms with Gasteiger partial charge in [-0.05, 0) is 25.2 Å². The van der Waals surface area contributed by atoms with Gasteiger partial charge in [0.2, 0.25) is 0 Å². The van der Waals surface area contributed by atoms with Crippen LogP contribution in [0.5, 0.6) is 0 Å². The molecule has 0 atom stereocenters. The van der Waals surface area contributed by atoms with E-state index < -0.39 is 5.82 Å². The topological polar surface area (TPSA) is 20.3 Å². The Hall–Kier alpha value is -2.07. The molecule has 0 fully saturated rings. The Bertz CT molecular complexity index is 628. The Morgan fingerprint density at radius 3 is 2.29 bits per heavy atom. The second-order valence-electron chi connectivity index (χ2n) is 4.98. The van der Waals surface area contributed by atoms with Crippen LogP contribution in [0.25, 0.3) is 0 Å². The monoisotopic (exact) mass is 289 g/mol. The third kappa shape index (κ3) is 4.20. The predicted molar refractivity (Wildman–Crippen MR) is 78.1 cm³/mol. The van der Waals surface area contributed by atoms with Gasteiger partial charge in [-0.1, -0.05) is 30.3 Å². The molecule has 21 heavy (non-hydrogen) atoms. The molecular weight excluding hydrogens is 272 g/mol. The average molecular weight is 289 g/mol. The second kappa shape index (κ2) is 7.09. The first-order valence-electron chi connectivity index (χ1n) is 6.77. The summed E-state index contributed by atoms with van der Waals surface area (Å²) in [7, 11) is 1.81. The van der Waals surface area contributed by atoms with E-state index in [-0.39, 0.29) is 23.6 Å². The molecule has 0 heterocycles. The number of Topliss-reactive ketones (excluding diaryl/α,β-unsaturated/α-hetero) is 1. The van der Waals surface area contributed by atoms with E-state index in [0.717, 1.165) is 0 Å². The molecule has 2 nitrogen and oxygen atoms in total. The normalized spacial score (nSPS) is 10.9. The van der Waals surface area contributed by atoms with Crippen LogP contribution < -0.4 is 0 Å². The van der Waals surface area contributed by atoms with E-state index in [9.17, 15) is 13.6 Å². The van der Waals surface area contributed by atoms with Crippen molar-refractivity contribution in [3.8, 4) is 0 Å². The molecule has 0 aliphatic rings. The van der Waals surface area contributed by atoms with Crippen molar-refractivity contribution < 1.29 is 13.6 Å². The fourth-order valence-corrected chi connectivity index (χ4v) is 2.11. The lowest BCUT2D eigenvalue weighted by Gasteiger charge is -2.16. The van der Waals surface area contributed by atoms with Crippen LogP contribution in [0, 0.1) is 11.6 Å². The van der Waals surface area contributed by atoms with Crippen LogP contribution in [0.3, 0.4) is 0 Å². The Morgan fingerprint density at radius 1 is 1.00 bits per heavy atom. The molecule has 0 amide bonds. The van der Waals surface area contributed by atoms with Gasteiger partial charge in [0.25, 0.3) is 0 Å². The van der Waals surface area contributed by atoms with E-state index in [1.165, 1.54) is 18.2 Å². The molecule has 0 aliphatic carbocycles. The maximum atomic E-state index is 13.5. The molecule has 0 radical (unpaired) electrons. The predicted octanol–water partition coefficient (Wildman–Crippen LogP) is 3.67. The molecule has 2 rings (SSSR count). The van der Waals surface area contributed by atoms with Crippen LogP contribution in [0.1, 0.15) is 22.3 Å². The molecule has 0 saturated heterocycles. The van der Waals surface area contributed by atoms with Gasteiger partial charge >= 0.3 is 0 Å². The fourth-order valence-electron chi connectivity index (χ4n) is 2.11. The van der Waals surface area contributed by atoms with Crippen LogP contribution >= 0.6 is 0 Å². The summed E-state index contributed by atoms with van der Waals surface area (Å²) in [5.74, 6) is -1.00. The van der Waals surface area contributed by atoms with Crippen LogP contribution in [-0.4, -0.2) is 24.3 Å². The number of nitrogens with zero attached hydrogens (tertiary/aromatic N) is 1. The standard InChI is InChI=1S/C17H17F2NO/c1-20(12-13-6-2-4-8-15(13)18)11-10-17(21)14-7-3-5-9-16(14)19/h2-9H,10-12H2,1H3. The zero-order chi connectivity index (χ0) is 15.2. The molecule has 110 valence electrons. The number of hydrogen-bond donors (Lipinski definition) is 0. The van der Waals surface area contributed by atoms with Crippen molar-refractivity contribution in [3.05, 3.63) is 71.3 Å². The summed E-state index contributed by atoms with van der Waals surface area (Å²) in [5, 5.41) is 0. The van der Waals surface area contributed by atoms with E-state index in [0.29, 0.717) is 18.7 Å². The molecule has 2 aromatic carbocycles. The summed E-state index contributed by atoms with van der Waals surface area (Å²) in [6, 6.07) is 12.5. The number of halogens is 2. The second-order valence-corrected chi connectivity index (χ2v) is 4.98. The molecule has 2 aromatic rings. The zero-order valence-electron chi connectivity index (χ0n) is 11.9. The van der Waals surface area contributed by atoms with Crippen LogP contribution in [0.4, 0.5) is 8.78 Å². The molecular formula is C17H17F2NO. The maximum absolute atomic E-state index is 13.5. The number of hydrogen-bond acceptors (Lipinski definition) is 2. The largest absolute Gasteiger partial charge is 0.302 e. The zero-order valence-corrected chi connectivity index (χ0v) is 11.9. The molecule has 0 saturated carbocycles. The van der Waals surface area contributed by atoms with Gasteiger partial charge in [-0.2, -0.15) is 0 Å². The summed E-state index contributed by atoms with van der Waals surface area (Å²) < 4.78 is 27.0. The van der Waals surface area contributed by atoms with Crippen molar-refractivity contribution in [2.45, 2.75) is 13.0 Å². The molecule has 0 unspecified atom stereocenters. The summed E-state index contributed by atoms with van der Waals surface area (Å²) in [4.78, 5) is 13.8. The van der Waals surface area contributed by atoms with Gasteiger partial charge in [0.15, 0.2) is 5.78 Å². The minimum Gasteiger partial charge on any atom is -0.302 e. The highest BCUT2D eigenvalue weighted by atomic mass is 19.1. The van der Waals surface area contributed by atoms with E-state index in [1.54, 1.807) is 37.4 Å². The lowest BCUT2D eigenvalue weighted by atomic mass is 10.1. The number of benzene rings is 2. The quantitative estimate of drug-likeness (QED) is 0.756. The van der Waals surface area contributed by atoms with E-state index in [4.69, 9.17) is 0 Å². The average Bonchev–Trinajstić information content (AvgIpc) is 2.48. The maximum Gasteiger partial charge on any atom is 0.167 e. The summed E-state index contributed by atoms with van der Waals surface area (Å²) in [6.07, 6.45) is 0.200. The first kappa shape index (κ1) is 15.3. The van der Waals surface area contributed by atoms with Gasteiger partial charge in [0, 0.05) is 25.1 Å². The van der Waals surface area contributed by atoms with E-state index in [2.05, 4.69) is 0 Å². The minimum absolute atomic E-state index is 0.108. The summed E-state index contributed by atoms with van der Waals surface area (Å²) in [6.45, 7) is 0.860. The van der Waals surface area contributed by atoms with Crippen molar-refractivity contribution in [1.29, 1.82) is 0 Å². The molecule has 0 spiro atoms. The molecule has 0 aliphatic heterocycles. The highest BCUT2D eigenvalue weighted by Crippen LogP contribution is 2.12. The Balaban J connectivity index is 1.90. The lowest BCUT2D eigenvalue weighted by molar-refractivity contribution is 0.0964. The molecule has 4 heteroatoms. The first-order valence-corrected chi connectivity index (χ1v) is 6.77. The number of carbonyl (C=O) groups is 1. The Morgan fingerprint density at radius 2 is 1.62 bits per heavy atom. The smallest absolute Gasteiger partial charge is 0.167 e. The van der Waals surface area contributed by atoms with Gasteiger partial charge in [-0.3, -0.25) is 4.79 Å². The van der Waals surface area contributed by atoms with Gasteiger partial charge in [-0.25, -0.2) is 8.78 Å². The van der Waals surface area contributed by atoms with E-state index >= 15 is 0 Å². The van der Waals surface area contributed by atoms with Gasteiger partial charge < -0.3 is 4.90 Å². The Labute approximate surface area is 123 Å². The van der Waals surface area contributed by atoms with Crippen LogP contribution in [0.2, 0.25) is 0 Å². The highest BCUT2D eigenvalue weighted by molar-refractivity contribution is 5.96. The molecule has 0 aromatic heterocycles. The molecule has 0 bridgehead atoms. The number of ketones is 1. The third-order valence-corrected chi connectivity index (χ3v) is 3.29. The van der Waals surface area contributed by atoms with Crippen molar-refractivity contribution >= 4 is 5.78 Å². The fraction of sp³-hybridized carbons (Fsp3) is 0.235.